The molecular formula is C48H67F4N5O18. The predicted molar refractivity (Wildman–Crippen MR) is 253 cm³/mol. The highest BCUT2D eigenvalue weighted by Gasteiger charge is 2.28. The standard InChI is InChI=1S/C48H67F4N5O18/c49-36-27-37(50)46(52)47(45(36)51)75-44(67)9-17-71-19-21-73-23-25-74-24-22-72-20-18-70-16-8-39(58)53-38(48(68)69)3-1-2-33-4-6-34(7-5-33)26-35-28-56(31-42(63)64)13-12-54(29-40(59)60)10-11-55(30-41(61)62)14-15-57(35)32-43(65)66/h4-7,27,35,38H,1-3,8-26,28-32H2,(H,53,58)(H,59,60)(H,61,62)(H,63,64)(H,65,66)(H,68,69)/t35-,38-/m0/s1. The van der Waals surface area contributed by atoms with E-state index in [0.717, 1.165) is 11.1 Å². The van der Waals surface area contributed by atoms with Crippen molar-refractivity contribution < 1.29 is 105 Å². The molecule has 6 N–H and O–H groups in total. The number of carboxylic acids is 5. The summed E-state index contributed by atoms with van der Waals surface area (Å²) in [5, 5.41) is 50.9. The van der Waals surface area contributed by atoms with Gasteiger partial charge in [0.25, 0.3) is 0 Å². The predicted octanol–water partition coefficient (Wildman–Crippen LogP) is 1.08. The summed E-state index contributed by atoms with van der Waals surface area (Å²) in [4.78, 5) is 90.1. The molecule has 75 heavy (non-hydrogen) atoms. The van der Waals surface area contributed by atoms with Crippen LogP contribution in [0.4, 0.5) is 17.6 Å². The Morgan fingerprint density at radius 3 is 1.47 bits per heavy atom. The van der Waals surface area contributed by atoms with Gasteiger partial charge in [0.05, 0.1) is 98.7 Å². The van der Waals surface area contributed by atoms with Gasteiger partial charge in [-0.3, -0.25) is 48.4 Å². The lowest BCUT2D eigenvalue weighted by molar-refractivity contribution is -0.142. The number of hydrogen-bond donors (Lipinski definition) is 6. The van der Waals surface area contributed by atoms with Crippen LogP contribution in [0.25, 0.3) is 0 Å². The van der Waals surface area contributed by atoms with E-state index < -0.39 is 95.8 Å². The summed E-state index contributed by atoms with van der Waals surface area (Å²) >= 11 is 0. The topological polar surface area (TPSA) is 301 Å². The van der Waals surface area contributed by atoms with Crippen molar-refractivity contribution in [2.75, 3.05) is 138 Å². The molecule has 1 fully saturated rings. The fraction of sp³-hybridized carbons (Fsp3) is 0.604. The minimum atomic E-state index is -1.83. The summed E-state index contributed by atoms with van der Waals surface area (Å²) in [5.41, 5.74) is 1.67. The molecule has 0 radical (unpaired) electrons. The lowest BCUT2D eigenvalue weighted by Crippen LogP contribution is -2.53. The van der Waals surface area contributed by atoms with Gasteiger partial charge in [-0.05, 0) is 36.8 Å². The second-order valence-electron chi connectivity index (χ2n) is 17.2. The van der Waals surface area contributed by atoms with E-state index in [-0.39, 0.29) is 150 Å². The number of carboxylic acid groups (broad SMARTS) is 5. The first-order valence-corrected chi connectivity index (χ1v) is 24.1. The van der Waals surface area contributed by atoms with Crippen LogP contribution in [0.2, 0.25) is 0 Å². The Morgan fingerprint density at radius 1 is 0.560 bits per heavy atom. The van der Waals surface area contributed by atoms with Gasteiger partial charge in [0, 0.05) is 64.3 Å². The smallest absolute Gasteiger partial charge is 0.326 e. The number of ether oxygens (including phenoxy) is 6. The minimum absolute atomic E-state index is 0.00888. The summed E-state index contributed by atoms with van der Waals surface area (Å²) in [6, 6.07) is 5.68. The quantitative estimate of drug-likeness (QED) is 0.0185. The number of nitrogens with one attached hydrogen (secondary N) is 1. The molecule has 23 nitrogen and oxygen atoms in total. The number of hydrogen-bond acceptors (Lipinski definition) is 17. The molecule has 0 unspecified atom stereocenters. The number of esters is 1. The van der Waals surface area contributed by atoms with E-state index >= 15 is 0 Å². The number of halogens is 4. The maximum absolute atomic E-state index is 13.6. The monoisotopic (exact) mass is 1080 g/mol. The zero-order chi connectivity index (χ0) is 55.1. The fourth-order valence-electron chi connectivity index (χ4n) is 7.61. The van der Waals surface area contributed by atoms with Crippen molar-refractivity contribution in [2.24, 2.45) is 0 Å². The van der Waals surface area contributed by atoms with Crippen molar-refractivity contribution in [3.63, 3.8) is 0 Å². The summed E-state index contributed by atoms with van der Waals surface area (Å²) in [6.07, 6.45) is 0.776. The normalized spacial score (nSPS) is 15.9. The van der Waals surface area contributed by atoms with Gasteiger partial charge in [0.1, 0.15) is 6.04 Å². The van der Waals surface area contributed by atoms with Gasteiger partial charge in [-0.1, -0.05) is 24.3 Å². The molecule has 0 aliphatic carbocycles. The molecule has 2 atom stereocenters. The van der Waals surface area contributed by atoms with Crippen LogP contribution in [-0.2, 0) is 70.1 Å². The Kier molecular flexibility index (Phi) is 29.9. The highest BCUT2D eigenvalue weighted by Crippen LogP contribution is 2.27. The van der Waals surface area contributed by atoms with E-state index in [1.165, 1.54) is 0 Å². The zero-order valence-corrected chi connectivity index (χ0v) is 41.5. The molecule has 1 aliphatic rings. The van der Waals surface area contributed by atoms with Crippen LogP contribution in [-0.4, -0.2) is 237 Å². The van der Waals surface area contributed by atoms with E-state index in [0.29, 0.717) is 19.3 Å². The van der Waals surface area contributed by atoms with Crippen molar-refractivity contribution in [2.45, 2.75) is 50.6 Å². The Morgan fingerprint density at radius 2 is 0.987 bits per heavy atom. The van der Waals surface area contributed by atoms with Gasteiger partial charge < -0.3 is 59.3 Å². The lowest BCUT2D eigenvalue weighted by Gasteiger charge is -2.37. The summed E-state index contributed by atoms with van der Waals surface area (Å²) in [7, 11) is 0. The Hall–Kier alpha value is -5.91. The Bertz CT molecular complexity index is 2100. The van der Waals surface area contributed by atoms with Crippen LogP contribution in [0.1, 0.15) is 36.8 Å². The highest BCUT2D eigenvalue weighted by atomic mass is 19.2. The van der Waals surface area contributed by atoms with Crippen LogP contribution >= 0.6 is 0 Å². The van der Waals surface area contributed by atoms with Crippen molar-refractivity contribution in [3.05, 3.63) is 64.7 Å². The molecule has 0 spiro atoms. The number of benzene rings is 2. The van der Waals surface area contributed by atoms with Gasteiger partial charge in [-0.2, -0.15) is 8.78 Å². The molecule has 0 aromatic heterocycles. The van der Waals surface area contributed by atoms with Crippen molar-refractivity contribution in [1.29, 1.82) is 0 Å². The maximum Gasteiger partial charge on any atom is 0.326 e. The SMILES string of the molecule is O=C(O)CN1CCN(CC(=O)O)CCN(CC(=O)O)[C@@H](Cc2ccc(CCC[C@H](NC(=O)CCOCCOCCOCCOCCOCCC(=O)Oc3c(F)c(F)cc(F)c3F)C(=O)O)cc2)CN(CC(=O)O)CC1. The van der Waals surface area contributed by atoms with Gasteiger partial charge in [0.2, 0.25) is 23.3 Å². The van der Waals surface area contributed by atoms with Crippen molar-refractivity contribution in [3.8, 4) is 5.75 Å². The second kappa shape index (κ2) is 35.4. The number of amides is 1. The molecule has 1 amide bonds. The number of carbonyl (C=O) groups excluding carboxylic acids is 2. The van der Waals surface area contributed by atoms with Crippen molar-refractivity contribution >= 4 is 41.7 Å². The Labute approximate surface area is 430 Å². The first kappa shape index (κ1) is 63.4. The van der Waals surface area contributed by atoms with Gasteiger partial charge >= 0.3 is 35.8 Å². The number of nitrogens with zero attached hydrogens (tertiary/aromatic N) is 4. The minimum Gasteiger partial charge on any atom is -0.480 e. The molecule has 2 aromatic carbocycles. The van der Waals surface area contributed by atoms with Crippen LogP contribution in [0, 0.1) is 23.3 Å². The van der Waals surface area contributed by atoms with E-state index in [4.69, 9.17) is 23.7 Å². The summed E-state index contributed by atoms with van der Waals surface area (Å²) in [5.74, 6) is -15.9. The fourth-order valence-corrected chi connectivity index (χ4v) is 7.61. The van der Waals surface area contributed by atoms with Crippen molar-refractivity contribution in [1.82, 2.24) is 24.9 Å². The van der Waals surface area contributed by atoms with Gasteiger partial charge in [-0.25, -0.2) is 13.6 Å². The van der Waals surface area contributed by atoms with Crippen LogP contribution in [0.3, 0.4) is 0 Å². The number of carbonyl (C=O) groups is 7. The number of rotatable bonds is 35. The molecule has 2 aromatic rings. The van der Waals surface area contributed by atoms with Gasteiger partial charge in [-0.15, -0.1) is 0 Å². The summed E-state index contributed by atoms with van der Waals surface area (Å²) in [6.45, 7) is 0.960. The molecule has 420 valence electrons. The average Bonchev–Trinajstić information content (AvgIpc) is 3.34. The summed E-state index contributed by atoms with van der Waals surface area (Å²) < 4.78 is 84.8. The molecule has 0 saturated carbocycles. The number of aliphatic carboxylic acids is 5. The molecule has 27 heteroatoms. The molecular weight excluding hydrogens is 1010 g/mol. The third-order valence-corrected chi connectivity index (χ3v) is 11.4. The van der Waals surface area contributed by atoms with E-state index in [1.54, 1.807) is 19.6 Å². The van der Waals surface area contributed by atoms with E-state index in [9.17, 15) is 76.7 Å². The van der Waals surface area contributed by atoms with E-state index in [2.05, 4.69) is 10.1 Å². The Balaban J connectivity index is 1.32. The highest BCUT2D eigenvalue weighted by molar-refractivity contribution is 5.83. The van der Waals surface area contributed by atoms with Crippen LogP contribution < -0.4 is 10.1 Å². The molecule has 1 heterocycles. The van der Waals surface area contributed by atoms with Gasteiger partial charge in [0.15, 0.2) is 11.6 Å². The molecule has 1 aliphatic heterocycles. The average molecular weight is 1080 g/mol. The third-order valence-electron chi connectivity index (χ3n) is 11.4. The van der Waals surface area contributed by atoms with Crippen LogP contribution in [0.5, 0.6) is 5.75 Å². The first-order chi connectivity index (χ1) is 35.8. The zero-order valence-electron chi connectivity index (χ0n) is 41.5. The lowest BCUT2D eigenvalue weighted by atomic mass is 9.99. The molecule has 3 rings (SSSR count). The second-order valence-corrected chi connectivity index (χ2v) is 17.2. The molecule has 0 bridgehead atoms. The first-order valence-electron chi connectivity index (χ1n) is 24.1. The maximum atomic E-state index is 13.6. The number of aryl methyl sites for hydroxylation is 1. The van der Waals surface area contributed by atoms with E-state index in [1.807, 2.05) is 24.3 Å². The molecule has 1 saturated heterocycles. The van der Waals surface area contributed by atoms with Crippen LogP contribution in [0.15, 0.2) is 30.3 Å². The largest absolute Gasteiger partial charge is 0.480 e. The third kappa shape index (κ3) is 26.9.